The zero-order chi connectivity index (χ0) is 10.8. The van der Waals surface area contributed by atoms with Gasteiger partial charge in [-0.1, -0.05) is 0 Å². The number of benzene rings is 1. The highest BCUT2D eigenvalue weighted by Crippen LogP contribution is 2.26. The average Bonchev–Trinajstić information content (AvgIpc) is 2.16. The van der Waals surface area contributed by atoms with Crippen LogP contribution in [0.1, 0.15) is 24.3 Å². The molecule has 2 nitrogen and oxygen atoms in total. The van der Waals surface area contributed by atoms with E-state index in [1.807, 2.05) is 0 Å². The standard InChI is InChI=1S/C11H14F2N2/c12-10-4-9(5-11(13)6-10)8-2-1-3-15(14)7-8/h4-6,8H,1-3,7,14H2. The van der Waals surface area contributed by atoms with Crippen molar-refractivity contribution >= 4 is 0 Å². The Bertz CT molecular complexity index is 334. The van der Waals surface area contributed by atoms with E-state index in [0.717, 1.165) is 25.5 Å². The third-order valence-electron chi connectivity index (χ3n) is 2.81. The third kappa shape index (κ3) is 2.52. The molecule has 1 saturated heterocycles. The quantitative estimate of drug-likeness (QED) is 0.721. The van der Waals surface area contributed by atoms with Gasteiger partial charge in [0.2, 0.25) is 0 Å². The van der Waals surface area contributed by atoms with Gasteiger partial charge in [-0.25, -0.2) is 13.8 Å². The Labute approximate surface area is 87.7 Å². The van der Waals surface area contributed by atoms with Crippen LogP contribution in [0, 0.1) is 11.6 Å². The smallest absolute Gasteiger partial charge is 0.126 e. The lowest BCUT2D eigenvalue weighted by Gasteiger charge is -2.29. The van der Waals surface area contributed by atoms with Crippen molar-refractivity contribution in [3.63, 3.8) is 0 Å². The predicted molar refractivity (Wildman–Crippen MR) is 54.1 cm³/mol. The van der Waals surface area contributed by atoms with Crippen molar-refractivity contribution in [2.24, 2.45) is 5.84 Å². The summed E-state index contributed by atoms with van der Waals surface area (Å²) in [5, 5.41) is 1.71. The largest absolute Gasteiger partial charge is 0.269 e. The molecule has 0 amide bonds. The molecule has 1 heterocycles. The second-order valence-electron chi connectivity index (χ2n) is 4.04. The second kappa shape index (κ2) is 4.24. The summed E-state index contributed by atoms with van der Waals surface area (Å²) in [6.07, 6.45) is 1.91. The molecular weight excluding hydrogens is 198 g/mol. The predicted octanol–water partition coefficient (Wildman–Crippen LogP) is 2.02. The Balaban J connectivity index is 2.20. The first-order chi connectivity index (χ1) is 7.15. The SMILES string of the molecule is NN1CCCC(c2cc(F)cc(F)c2)C1. The maximum atomic E-state index is 13.0. The van der Waals surface area contributed by atoms with Crippen LogP contribution in [0.2, 0.25) is 0 Å². The van der Waals surface area contributed by atoms with Gasteiger partial charge in [0.05, 0.1) is 0 Å². The topological polar surface area (TPSA) is 29.3 Å². The Kier molecular flexibility index (Phi) is 2.98. The van der Waals surface area contributed by atoms with Crippen molar-refractivity contribution in [1.29, 1.82) is 0 Å². The molecule has 2 rings (SSSR count). The summed E-state index contributed by atoms with van der Waals surface area (Å²) in [6, 6.07) is 3.69. The molecule has 15 heavy (non-hydrogen) atoms. The summed E-state index contributed by atoms with van der Waals surface area (Å²) in [4.78, 5) is 0. The van der Waals surface area contributed by atoms with Crippen molar-refractivity contribution < 1.29 is 8.78 Å². The highest BCUT2D eigenvalue weighted by atomic mass is 19.1. The molecule has 0 saturated carbocycles. The van der Waals surface area contributed by atoms with E-state index in [0.29, 0.717) is 12.1 Å². The van der Waals surface area contributed by atoms with E-state index in [1.54, 1.807) is 5.01 Å². The molecule has 1 aromatic carbocycles. The molecule has 1 unspecified atom stereocenters. The van der Waals surface area contributed by atoms with Crippen LogP contribution in [0.5, 0.6) is 0 Å². The lowest BCUT2D eigenvalue weighted by molar-refractivity contribution is 0.212. The Morgan fingerprint density at radius 1 is 1.20 bits per heavy atom. The van der Waals surface area contributed by atoms with Crippen LogP contribution in [-0.2, 0) is 0 Å². The summed E-state index contributed by atoms with van der Waals surface area (Å²) in [5.41, 5.74) is 0.711. The minimum atomic E-state index is -0.515. The van der Waals surface area contributed by atoms with E-state index >= 15 is 0 Å². The number of nitrogens with two attached hydrogens (primary N) is 1. The number of halogens is 2. The van der Waals surface area contributed by atoms with Gasteiger partial charge in [0.1, 0.15) is 11.6 Å². The first-order valence-electron chi connectivity index (χ1n) is 5.11. The molecule has 0 aliphatic carbocycles. The van der Waals surface area contributed by atoms with E-state index in [9.17, 15) is 8.78 Å². The van der Waals surface area contributed by atoms with Gasteiger partial charge in [-0.15, -0.1) is 0 Å². The zero-order valence-corrected chi connectivity index (χ0v) is 8.42. The summed E-state index contributed by atoms with van der Waals surface area (Å²) in [5.74, 6) is 4.80. The van der Waals surface area contributed by atoms with Gasteiger partial charge < -0.3 is 0 Å². The monoisotopic (exact) mass is 212 g/mol. The number of hydrazine groups is 1. The van der Waals surface area contributed by atoms with E-state index < -0.39 is 11.6 Å². The molecule has 0 spiro atoms. The van der Waals surface area contributed by atoms with Crippen LogP contribution in [0.15, 0.2) is 18.2 Å². The van der Waals surface area contributed by atoms with E-state index in [-0.39, 0.29) is 5.92 Å². The summed E-state index contributed by atoms with van der Waals surface area (Å²) >= 11 is 0. The van der Waals surface area contributed by atoms with Crippen molar-refractivity contribution in [1.82, 2.24) is 5.01 Å². The van der Waals surface area contributed by atoms with Crippen molar-refractivity contribution in [3.05, 3.63) is 35.4 Å². The van der Waals surface area contributed by atoms with Gasteiger partial charge in [-0.2, -0.15) is 0 Å². The molecule has 1 atom stereocenters. The highest BCUT2D eigenvalue weighted by Gasteiger charge is 2.20. The lowest BCUT2D eigenvalue weighted by atomic mass is 9.91. The molecule has 4 heteroatoms. The summed E-state index contributed by atoms with van der Waals surface area (Å²) in [6.45, 7) is 1.52. The maximum absolute atomic E-state index is 13.0. The molecule has 0 bridgehead atoms. The van der Waals surface area contributed by atoms with Gasteiger partial charge in [-0.05, 0) is 36.5 Å². The molecule has 0 radical (unpaired) electrons. The maximum Gasteiger partial charge on any atom is 0.126 e. The second-order valence-corrected chi connectivity index (χ2v) is 4.04. The van der Waals surface area contributed by atoms with Crippen LogP contribution >= 0.6 is 0 Å². The fraction of sp³-hybridized carbons (Fsp3) is 0.455. The summed E-state index contributed by atoms with van der Waals surface area (Å²) < 4.78 is 26.0. The minimum Gasteiger partial charge on any atom is -0.269 e. The number of rotatable bonds is 1. The Hall–Kier alpha value is -1.00. The molecule has 1 fully saturated rings. The number of hydrogen-bond acceptors (Lipinski definition) is 2. The van der Waals surface area contributed by atoms with Crippen LogP contribution in [0.25, 0.3) is 0 Å². The fourth-order valence-electron chi connectivity index (χ4n) is 2.09. The van der Waals surface area contributed by atoms with Gasteiger partial charge in [0.25, 0.3) is 0 Å². The zero-order valence-electron chi connectivity index (χ0n) is 8.42. The molecule has 0 aromatic heterocycles. The average molecular weight is 212 g/mol. The number of piperidine rings is 1. The first-order valence-corrected chi connectivity index (χ1v) is 5.11. The number of nitrogens with zero attached hydrogens (tertiary/aromatic N) is 1. The first kappa shape index (κ1) is 10.5. The molecule has 1 aromatic rings. The van der Waals surface area contributed by atoms with Gasteiger partial charge in [0.15, 0.2) is 0 Å². The van der Waals surface area contributed by atoms with Crippen molar-refractivity contribution in [3.8, 4) is 0 Å². The normalized spacial score (nSPS) is 23.0. The number of hydrogen-bond donors (Lipinski definition) is 1. The van der Waals surface area contributed by atoms with Crippen LogP contribution < -0.4 is 5.84 Å². The fourth-order valence-corrected chi connectivity index (χ4v) is 2.09. The minimum absolute atomic E-state index is 0.147. The molecule has 1 aliphatic rings. The molecular formula is C11H14F2N2. The van der Waals surface area contributed by atoms with Crippen LogP contribution in [-0.4, -0.2) is 18.1 Å². The van der Waals surface area contributed by atoms with Crippen molar-refractivity contribution in [2.75, 3.05) is 13.1 Å². The van der Waals surface area contributed by atoms with Gasteiger partial charge >= 0.3 is 0 Å². The van der Waals surface area contributed by atoms with E-state index in [1.165, 1.54) is 12.1 Å². The van der Waals surface area contributed by atoms with E-state index in [2.05, 4.69) is 0 Å². The third-order valence-corrected chi connectivity index (χ3v) is 2.81. The lowest BCUT2D eigenvalue weighted by Crippen LogP contribution is -2.39. The summed E-state index contributed by atoms with van der Waals surface area (Å²) in [7, 11) is 0. The molecule has 82 valence electrons. The van der Waals surface area contributed by atoms with Crippen LogP contribution in [0.4, 0.5) is 8.78 Å². The van der Waals surface area contributed by atoms with Gasteiger partial charge in [-0.3, -0.25) is 5.84 Å². The van der Waals surface area contributed by atoms with Crippen LogP contribution in [0.3, 0.4) is 0 Å². The van der Waals surface area contributed by atoms with E-state index in [4.69, 9.17) is 5.84 Å². The molecule has 2 N–H and O–H groups in total. The highest BCUT2D eigenvalue weighted by molar-refractivity contribution is 5.22. The Morgan fingerprint density at radius 3 is 2.47 bits per heavy atom. The Morgan fingerprint density at radius 2 is 1.87 bits per heavy atom. The van der Waals surface area contributed by atoms with Crippen molar-refractivity contribution in [2.45, 2.75) is 18.8 Å². The van der Waals surface area contributed by atoms with Gasteiger partial charge in [0, 0.05) is 19.2 Å². The molecule has 1 aliphatic heterocycles.